The van der Waals surface area contributed by atoms with Crippen molar-refractivity contribution in [2.45, 2.75) is 6.92 Å². The van der Waals surface area contributed by atoms with Crippen LogP contribution in [0.2, 0.25) is 0 Å². The molecule has 0 fully saturated rings. The molecule has 5 heteroatoms. The van der Waals surface area contributed by atoms with Gasteiger partial charge in [-0.2, -0.15) is 0 Å². The van der Waals surface area contributed by atoms with Gasteiger partial charge >= 0.3 is 5.97 Å². The van der Waals surface area contributed by atoms with Crippen LogP contribution in [0.4, 0.5) is 5.00 Å². The molecule has 0 saturated heterocycles. The van der Waals surface area contributed by atoms with Gasteiger partial charge in [-0.15, -0.1) is 11.3 Å². The Morgan fingerprint density at radius 1 is 1.38 bits per heavy atom. The van der Waals surface area contributed by atoms with E-state index < -0.39 is 5.97 Å². The molecule has 2 N–H and O–H groups in total. The van der Waals surface area contributed by atoms with E-state index in [1.165, 1.54) is 12.1 Å². The van der Waals surface area contributed by atoms with Crippen molar-refractivity contribution >= 4 is 28.2 Å². The lowest BCUT2D eigenvalue weighted by molar-refractivity contribution is -0.111. The Labute approximate surface area is 96.9 Å². The molecule has 0 bridgehead atoms. The van der Waals surface area contributed by atoms with Gasteiger partial charge in [0, 0.05) is 6.08 Å². The zero-order valence-electron chi connectivity index (χ0n) is 8.64. The van der Waals surface area contributed by atoms with Crippen molar-refractivity contribution in [2.75, 3.05) is 5.32 Å². The number of carboxylic acid groups (broad SMARTS) is 1. The van der Waals surface area contributed by atoms with Crippen molar-refractivity contribution in [3.8, 4) is 0 Å². The molecule has 84 valence electrons. The average Bonchev–Trinajstić information content (AvgIpc) is 2.66. The van der Waals surface area contributed by atoms with Crippen molar-refractivity contribution in [1.29, 1.82) is 0 Å². The van der Waals surface area contributed by atoms with Crippen molar-refractivity contribution in [1.82, 2.24) is 0 Å². The van der Waals surface area contributed by atoms with E-state index in [1.807, 2.05) is 6.92 Å². The number of carboxylic acids is 1. The number of carbonyl (C=O) groups is 2. The quantitative estimate of drug-likeness (QED) is 0.624. The summed E-state index contributed by atoms with van der Waals surface area (Å²) in [6, 6.07) is 3.02. The van der Waals surface area contributed by atoms with Gasteiger partial charge in [-0.05, 0) is 19.1 Å². The summed E-state index contributed by atoms with van der Waals surface area (Å²) in [5.74, 6) is -1.27. The zero-order chi connectivity index (χ0) is 12.0. The van der Waals surface area contributed by atoms with Gasteiger partial charge < -0.3 is 10.4 Å². The van der Waals surface area contributed by atoms with Gasteiger partial charge in [0.1, 0.15) is 4.88 Å². The average molecular weight is 237 g/mol. The van der Waals surface area contributed by atoms with Crippen LogP contribution in [0.15, 0.2) is 36.4 Å². The number of aromatic carboxylic acids is 1. The van der Waals surface area contributed by atoms with Crippen molar-refractivity contribution in [3.05, 3.63) is 41.3 Å². The maximum Gasteiger partial charge on any atom is 0.345 e. The highest BCUT2D eigenvalue weighted by Gasteiger charge is 2.07. The van der Waals surface area contributed by atoms with Gasteiger partial charge in [-0.3, -0.25) is 4.79 Å². The van der Waals surface area contributed by atoms with Crippen molar-refractivity contribution in [2.24, 2.45) is 0 Å². The Kier molecular flexibility index (Phi) is 4.47. The minimum absolute atomic E-state index is 0.202. The zero-order valence-corrected chi connectivity index (χ0v) is 9.45. The largest absolute Gasteiger partial charge is 0.477 e. The molecule has 4 nitrogen and oxygen atoms in total. The van der Waals surface area contributed by atoms with Gasteiger partial charge in [-0.1, -0.05) is 18.2 Å². The van der Waals surface area contributed by atoms with Crippen molar-refractivity contribution in [3.63, 3.8) is 0 Å². The lowest BCUT2D eigenvalue weighted by Gasteiger charge is -1.95. The van der Waals surface area contributed by atoms with Crippen LogP contribution in [0.1, 0.15) is 16.6 Å². The standard InChI is InChI=1S/C11H11NO3S/c1-2-3-4-5-9(13)12-10-7-6-8(16-10)11(14)15/h2-7H,1H3,(H,12,13)(H,14,15)/b3-2+,5-4+. The maximum atomic E-state index is 11.3. The second-order valence-corrected chi connectivity index (χ2v) is 3.93. The SMILES string of the molecule is C/C=C/C=C/C(=O)Nc1ccc(C(=O)O)s1. The van der Waals surface area contributed by atoms with Gasteiger partial charge in [0.15, 0.2) is 0 Å². The van der Waals surface area contributed by atoms with E-state index in [2.05, 4.69) is 5.32 Å². The highest BCUT2D eigenvalue weighted by atomic mass is 32.1. The molecule has 1 rings (SSSR count). The van der Waals surface area contributed by atoms with Crippen LogP contribution in [0.3, 0.4) is 0 Å². The molecule has 0 aliphatic carbocycles. The van der Waals surface area contributed by atoms with Crippen LogP contribution in [0, 0.1) is 0 Å². The number of thiophene rings is 1. The third-order valence-corrected chi connectivity index (χ3v) is 2.60. The highest BCUT2D eigenvalue weighted by Crippen LogP contribution is 2.21. The van der Waals surface area contributed by atoms with Crippen LogP contribution >= 0.6 is 11.3 Å². The smallest absolute Gasteiger partial charge is 0.345 e. The van der Waals surface area contributed by atoms with E-state index in [0.29, 0.717) is 5.00 Å². The van der Waals surface area contributed by atoms with Crippen LogP contribution < -0.4 is 5.32 Å². The van der Waals surface area contributed by atoms with Crippen LogP contribution in [-0.4, -0.2) is 17.0 Å². The van der Waals surface area contributed by atoms with Gasteiger partial charge in [0.2, 0.25) is 5.91 Å². The molecular weight excluding hydrogens is 226 g/mol. The molecule has 0 aliphatic rings. The Balaban J connectivity index is 2.59. The molecule has 1 amide bonds. The van der Waals surface area contributed by atoms with Crippen LogP contribution in [0.25, 0.3) is 0 Å². The van der Waals surface area contributed by atoms with E-state index in [-0.39, 0.29) is 10.8 Å². The fourth-order valence-electron chi connectivity index (χ4n) is 0.937. The molecule has 0 saturated carbocycles. The Hall–Kier alpha value is -1.88. The second-order valence-electron chi connectivity index (χ2n) is 2.84. The van der Waals surface area contributed by atoms with E-state index in [0.717, 1.165) is 11.3 Å². The van der Waals surface area contributed by atoms with E-state index in [1.54, 1.807) is 24.3 Å². The van der Waals surface area contributed by atoms with Gasteiger partial charge in [0.25, 0.3) is 0 Å². The highest BCUT2D eigenvalue weighted by molar-refractivity contribution is 7.18. The fourth-order valence-corrected chi connectivity index (χ4v) is 1.69. The summed E-state index contributed by atoms with van der Waals surface area (Å²) >= 11 is 1.03. The Bertz CT molecular complexity index is 446. The third-order valence-electron chi connectivity index (χ3n) is 1.61. The first kappa shape index (κ1) is 12.2. The molecule has 1 heterocycles. The molecule has 0 aliphatic heterocycles. The number of carbonyl (C=O) groups excluding carboxylic acids is 1. The monoisotopic (exact) mass is 237 g/mol. The first-order valence-corrected chi connectivity index (χ1v) is 5.38. The van der Waals surface area contributed by atoms with E-state index in [4.69, 9.17) is 5.11 Å². The molecule has 0 atom stereocenters. The summed E-state index contributed by atoms with van der Waals surface area (Å²) in [5.41, 5.74) is 0. The molecule has 16 heavy (non-hydrogen) atoms. The fraction of sp³-hybridized carbons (Fsp3) is 0.0909. The number of rotatable bonds is 4. The summed E-state index contributed by atoms with van der Waals surface area (Å²) in [4.78, 5) is 22.1. The number of nitrogens with one attached hydrogen (secondary N) is 1. The number of hydrogen-bond donors (Lipinski definition) is 2. The van der Waals surface area contributed by atoms with E-state index >= 15 is 0 Å². The van der Waals surface area contributed by atoms with Gasteiger partial charge in [-0.25, -0.2) is 4.79 Å². The number of anilines is 1. The molecule has 1 aromatic heterocycles. The molecule has 0 unspecified atom stereocenters. The van der Waals surface area contributed by atoms with Crippen LogP contribution in [0.5, 0.6) is 0 Å². The first-order chi connectivity index (χ1) is 7.63. The number of amides is 1. The van der Waals surface area contributed by atoms with Crippen LogP contribution in [-0.2, 0) is 4.79 Å². The lowest BCUT2D eigenvalue weighted by Crippen LogP contribution is -2.05. The lowest BCUT2D eigenvalue weighted by atomic mass is 10.4. The third kappa shape index (κ3) is 3.70. The predicted octanol–water partition coefficient (Wildman–Crippen LogP) is 2.52. The topological polar surface area (TPSA) is 66.4 Å². The Morgan fingerprint density at radius 2 is 2.12 bits per heavy atom. The van der Waals surface area contributed by atoms with Gasteiger partial charge in [0.05, 0.1) is 5.00 Å². The molecule has 1 aromatic rings. The minimum Gasteiger partial charge on any atom is -0.477 e. The molecule has 0 radical (unpaired) electrons. The summed E-state index contributed by atoms with van der Waals surface area (Å²) in [5, 5.41) is 11.8. The summed E-state index contributed by atoms with van der Waals surface area (Å²) < 4.78 is 0. The Morgan fingerprint density at radius 3 is 2.69 bits per heavy atom. The van der Waals surface area contributed by atoms with E-state index in [9.17, 15) is 9.59 Å². The number of allylic oxidation sites excluding steroid dienone is 3. The number of hydrogen-bond acceptors (Lipinski definition) is 3. The summed E-state index contributed by atoms with van der Waals surface area (Å²) in [6.07, 6.45) is 6.52. The maximum absolute atomic E-state index is 11.3. The van der Waals surface area contributed by atoms with Crippen molar-refractivity contribution < 1.29 is 14.7 Å². The summed E-state index contributed by atoms with van der Waals surface area (Å²) in [7, 11) is 0. The molecule has 0 spiro atoms. The second kappa shape index (κ2) is 5.87. The minimum atomic E-state index is -0.991. The molecule has 0 aromatic carbocycles. The normalized spacial score (nSPS) is 11.1. The predicted molar refractivity (Wildman–Crippen MR) is 63.9 cm³/mol. The first-order valence-electron chi connectivity index (χ1n) is 4.57. The molecular formula is C11H11NO3S. The summed E-state index contributed by atoms with van der Waals surface area (Å²) in [6.45, 7) is 1.85.